The van der Waals surface area contributed by atoms with Crippen LogP contribution in [0.2, 0.25) is 5.15 Å². The Bertz CT molecular complexity index is 609. The van der Waals surface area contributed by atoms with Crippen molar-refractivity contribution in [1.82, 2.24) is 14.9 Å². The van der Waals surface area contributed by atoms with Gasteiger partial charge in [0.25, 0.3) is 0 Å². The molecule has 2 heterocycles. The average molecular weight is 276 g/mol. The molecule has 1 aliphatic rings. The SMILES string of the molecule is O=CN1CCC(c2nc3ccccc3nc2Cl)CC1. The van der Waals surface area contributed by atoms with Crippen LogP contribution in [-0.4, -0.2) is 34.4 Å². The Morgan fingerprint density at radius 2 is 1.79 bits per heavy atom. The molecule has 1 saturated heterocycles. The molecule has 0 atom stereocenters. The summed E-state index contributed by atoms with van der Waals surface area (Å²) >= 11 is 6.25. The van der Waals surface area contributed by atoms with Gasteiger partial charge in [0.05, 0.1) is 16.7 Å². The van der Waals surface area contributed by atoms with Crippen LogP contribution in [0.5, 0.6) is 0 Å². The molecule has 0 N–H and O–H groups in total. The van der Waals surface area contributed by atoms with Crippen molar-refractivity contribution >= 4 is 29.0 Å². The first-order valence-electron chi connectivity index (χ1n) is 6.39. The van der Waals surface area contributed by atoms with Crippen LogP contribution in [0.1, 0.15) is 24.5 Å². The molecule has 1 aromatic heterocycles. The van der Waals surface area contributed by atoms with Crippen molar-refractivity contribution in [2.45, 2.75) is 18.8 Å². The normalized spacial score (nSPS) is 16.8. The molecular weight excluding hydrogens is 262 g/mol. The van der Waals surface area contributed by atoms with Gasteiger partial charge >= 0.3 is 0 Å². The molecule has 1 fully saturated rings. The van der Waals surface area contributed by atoms with Gasteiger partial charge < -0.3 is 4.90 Å². The molecule has 4 nitrogen and oxygen atoms in total. The Labute approximate surface area is 116 Å². The Balaban J connectivity index is 1.92. The number of aromatic nitrogens is 2. The third kappa shape index (κ3) is 2.40. The topological polar surface area (TPSA) is 46.1 Å². The fourth-order valence-corrected chi connectivity index (χ4v) is 2.82. The number of carbonyl (C=O) groups excluding carboxylic acids is 1. The minimum Gasteiger partial charge on any atom is -0.345 e. The second-order valence-corrected chi connectivity index (χ2v) is 5.16. The zero-order valence-corrected chi connectivity index (χ0v) is 11.2. The van der Waals surface area contributed by atoms with E-state index >= 15 is 0 Å². The summed E-state index contributed by atoms with van der Waals surface area (Å²) in [6.45, 7) is 1.53. The van der Waals surface area contributed by atoms with E-state index in [1.165, 1.54) is 0 Å². The van der Waals surface area contributed by atoms with Crippen molar-refractivity contribution in [2.24, 2.45) is 0 Å². The van der Waals surface area contributed by atoms with Gasteiger partial charge in [-0.2, -0.15) is 0 Å². The minimum absolute atomic E-state index is 0.292. The van der Waals surface area contributed by atoms with E-state index in [1.807, 2.05) is 24.3 Å². The fourth-order valence-electron chi connectivity index (χ4n) is 2.53. The summed E-state index contributed by atoms with van der Waals surface area (Å²) in [5.41, 5.74) is 2.56. The van der Waals surface area contributed by atoms with Crippen molar-refractivity contribution < 1.29 is 4.79 Å². The highest BCUT2D eigenvalue weighted by Gasteiger charge is 2.23. The lowest BCUT2D eigenvalue weighted by molar-refractivity contribution is -0.119. The van der Waals surface area contributed by atoms with Crippen molar-refractivity contribution in [2.75, 3.05) is 13.1 Å². The molecule has 0 aliphatic carbocycles. The van der Waals surface area contributed by atoms with Gasteiger partial charge in [-0.3, -0.25) is 4.79 Å². The summed E-state index contributed by atoms with van der Waals surface area (Å²) in [5, 5.41) is 0.489. The van der Waals surface area contributed by atoms with Gasteiger partial charge in [-0.25, -0.2) is 9.97 Å². The van der Waals surface area contributed by atoms with E-state index in [1.54, 1.807) is 4.90 Å². The largest absolute Gasteiger partial charge is 0.345 e. The van der Waals surface area contributed by atoms with Gasteiger partial charge in [0.2, 0.25) is 6.41 Å². The maximum absolute atomic E-state index is 10.7. The maximum atomic E-state index is 10.7. The lowest BCUT2D eigenvalue weighted by Crippen LogP contribution is -2.32. The van der Waals surface area contributed by atoms with Gasteiger partial charge in [0, 0.05) is 19.0 Å². The number of nitrogens with zero attached hydrogens (tertiary/aromatic N) is 3. The number of rotatable bonds is 2. The van der Waals surface area contributed by atoms with Gasteiger partial charge in [-0.15, -0.1) is 0 Å². The molecule has 98 valence electrons. The third-order valence-corrected chi connectivity index (χ3v) is 3.90. The molecular formula is C14H14ClN3O. The lowest BCUT2D eigenvalue weighted by Gasteiger charge is -2.29. The number of amides is 1. The van der Waals surface area contributed by atoms with E-state index in [9.17, 15) is 4.79 Å². The number of para-hydroxylation sites is 2. The van der Waals surface area contributed by atoms with Crippen molar-refractivity contribution in [1.29, 1.82) is 0 Å². The summed E-state index contributed by atoms with van der Waals surface area (Å²) < 4.78 is 0. The third-order valence-electron chi connectivity index (χ3n) is 3.62. The standard InChI is InChI=1S/C14H14ClN3O/c15-14-13(10-5-7-18(9-19)8-6-10)16-11-3-1-2-4-12(11)17-14/h1-4,9-10H,5-8H2. The zero-order chi connectivity index (χ0) is 13.2. The molecule has 1 aromatic carbocycles. The summed E-state index contributed by atoms with van der Waals surface area (Å²) in [7, 11) is 0. The molecule has 0 radical (unpaired) electrons. The Hall–Kier alpha value is -1.68. The van der Waals surface area contributed by atoms with Gasteiger partial charge in [-0.05, 0) is 25.0 Å². The second-order valence-electron chi connectivity index (χ2n) is 4.80. The van der Waals surface area contributed by atoms with Gasteiger partial charge in [0.15, 0.2) is 5.15 Å². The number of halogens is 1. The van der Waals surface area contributed by atoms with E-state index in [0.29, 0.717) is 11.1 Å². The van der Waals surface area contributed by atoms with E-state index in [2.05, 4.69) is 9.97 Å². The predicted octanol–water partition coefficient (Wildman–Crippen LogP) is 2.62. The molecule has 0 spiro atoms. The molecule has 3 rings (SSSR count). The number of likely N-dealkylation sites (tertiary alicyclic amines) is 1. The average Bonchev–Trinajstić information content (AvgIpc) is 2.47. The van der Waals surface area contributed by atoms with Crippen LogP contribution in [0.3, 0.4) is 0 Å². The molecule has 1 amide bonds. The first-order chi connectivity index (χ1) is 9.28. The first kappa shape index (κ1) is 12.4. The second kappa shape index (κ2) is 5.13. The lowest BCUT2D eigenvalue weighted by atomic mass is 9.94. The van der Waals surface area contributed by atoms with Gasteiger partial charge in [-0.1, -0.05) is 23.7 Å². The molecule has 1 aliphatic heterocycles. The summed E-state index contributed by atoms with van der Waals surface area (Å²) in [6, 6.07) is 7.73. The number of carbonyl (C=O) groups is 1. The van der Waals surface area contributed by atoms with Crippen molar-refractivity contribution in [3.05, 3.63) is 35.1 Å². The van der Waals surface area contributed by atoms with Crippen LogP contribution in [0.4, 0.5) is 0 Å². The monoisotopic (exact) mass is 275 g/mol. The van der Waals surface area contributed by atoms with Crippen LogP contribution in [-0.2, 0) is 4.79 Å². The van der Waals surface area contributed by atoms with Crippen molar-refractivity contribution in [3.8, 4) is 0 Å². The number of hydrogen-bond donors (Lipinski definition) is 0. The van der Waals surface area contributed by atoms with Crippen LogP contribution in [0.25, 0.3) is 11.0 Å². The molecule has 5 heteroatoms. The molecule has 0 unspecified atom stereocenters. The summed E-state index contributed by atoms with van der Waals surface area (Å²) in [6.07, 6.45) is 2.70. The van der Waals surface area contributed by atoms with Crippen LogP contribution in [0.15, 0.2) is 24.3 Å². The minimum atomic E-state index is 0.292. The molecule has 0 bridgehead atoms. The van der Waals surface area contributed by atoms with E-state index in [-0.39, 0.29) is 0 Å². The zero-order valence-electron chi connectivity index (χ0n) is 10.4. The number of benzene rings is 1. The summed E-state index contributed by atoms with van der Waals surface area (Å²) in [5.74, 6) is 0.292. The van der Waals surface area contributed by atoms with Crippen LogP contribution in [0, 0.1) is 0 Å². The number of fused-ring (bicyclic) bond motifs is 1. The Morgan fingerprint density at radius 3 is 2.42 bits per heavy atom. The predicted molar refractivity (Wildman–Crippen MR) is 74.2 cm³/mol. The highest BCUT2D eigenvalue weighted by atomic mass is 35.5. The number of hydrogen-bond acceptors (Lipinski definition) is 3. The van der Waals surface area contributed by atoms with E-state index in [4.69, 9.17) is 11.6 Å². The highest BCUT2D eigenvalue weighted by molar-refractivity contribution is 6.30. The van der Waals surface area contributed by atoms with E-state index < -0.39 is 0 Å². The molecule has 2 aromatic rings. The Kier molecular flexibility index (Phi) is 3.34. The van der Waals surface area contributed by atoms with E-state index in [0.717, 1.165) is 49.1 Å². The Morgan fingerprint density at radius 1 is 1.16 bits per heavy atom. The van der Waals surface area contributed by atoms with Crippen LogP contribution >= 0.6 is 11.6 Å². The summed E-state index contributed by atoms with van der Waals surface area (Å²) in [4.78, 5) is 21.6. The van der Waals surface area contributed by atoms with Gasteiger partial charge in [0.1, 0.15) is 0 Å². The van der Waals surface area contributed by atoms with Crippen LogP contribution < -0.4 is 0 Å². The molecule has 19 heavy (non-hydrogen) atoms. The maximum Gasteiger partial charge on any atom is 0.209 e. The first-order valence-corrected chi connectivity index (χ1v) is 6.77. The highest BCUT2D eigenvalue weighted by Crippen LogP contribution is 2.31. The van der Waals surface area contributed by atoms with Crippen molar-refractivity contribution in [3.63, 3.8) is 0 Å². The fraction of sp³-hybridized carbons (Fsp3) is 0.357. The quantitative estimate of drug-likeness (QED) is 0.792. The molecule has 0 saturated carbocycles. The number of piperidine rings is 1. The smallest absolute Gasteiger partial charge is 0.209 e.